The lowest BCUT2D eigenvalue weighted by molar-refractivity contribution is -0.134. The van der Waals surface area contributed by atoms with Gasteiger partial charge in [0.1, 0.15) is 23.2 Å². The number of ketones is 1. The van der Waals surface area contributed by atoms with Gasteiger partial charge in [-0.1, -0.05) is 19.1 Å². The van der Waals surface area contributed by atoms with Crippen molar-refractivity contribution in [3.8, 4) is 5.88 Å². The summed E-state index contributed by atoms with van der Waals surface area (Å²) in [5, 5.41) is 6.77. The maximum absolute atomic E-state index is 14.4. The Bertz CT molecular complexity index is 1240. The van der Waals surface area contributed by atoms with E-state index in [1.165, 1.54) is 19.4 Å². The first-order valence-electron chi connectivity index (χ1n) is 12.6. The summed E-state index contributed by atoms with van der Waals surface area (Å²) in [6, 6.07) is 8.53. The molecular weight excluding hydrogens is 459 g/mol. The Morgan fingerprint density at radius 2 is 1.97 bits per heavy atom. The van der Waals surface area contributed by atoms with Gasteiger partial charge in [-0.25, -0.2) is 9.37 Å². The molecule has 192 valence electrons. The van der Waals surface area contributed by atoms with Crippen molar-refractivity contribution in [1.29, 1.82) is 0 Å². The molecule has 1 aliphatic carbocycles. The fraction of sp³-hybridized carbons (Fsp3) is 0.500. The number of hydrogen-bond donors (Lipinski definition) is 1. The number of H-pyrrole nitrogens is 1. The fourth-order valence-corrected chi connectivity index (χ4v) is 5.52. The molecule has 0 atom stereocenters. The van der Waals surface area contributed by atoms with Crippen LogP contribution in [0.5, 0.6) is 5.88 Å². The second kappa shape index (κ2) is 9.99. The Morgan fingerprint density at radius 1 is 1.22 bits per heavy atom. The summed E-state index contributed by atoms with van der Waals surface area (Å²) in [5.41, 5.74) is 2.17. The summed E-state index contributed by atoms with van der Waals surface area (Å²) in [5.74, 6) is 0.430. The maximum Gasteiger partial charge on any atom is 0.222 e. The Kier molecular flexibility index (Phi) is 7.16. The molecule has 2 aromatic heterocycles. The van der Waals surface area contributed by atoms with Gasteiger partial charge in [0.05, 0.1) is 17.1 Å². The van der Waals surface area contributed by atoms with Crippen LogP contribution >= 0.6 is 0 Å². The van der Waals surface area contributed by atoms with Crippen molar-refractivity contribution in [2.45, 2.75) is 83.8 Å². The van der Waals surface area contributed by atoms with E-state index in [0.29, 0.717) is 36.6 Å². The number of fused-ring (bicyclic) bond motifs is 1. The molecule has 0 radical (unpaired) electrons. The van der Waals surface area contributed by atoms with Gasteiger partial charge < -0.3 is 9.64 Å². The molecule has 7 nitrogen and oxygen atoms in total. The Labute approximate surface area is 211 Å². The summed E-state index contributed by atoms with van der Waals surface area (Å²) in [7, 11) is 0. The molecule has 3 heterocycles. The number of ether oxygens (including phenoxy) is 1. The van der Waals surface area contributed by atoms with Crippen LogP contribution in [0.15, 0.2) is 36.5 Å². The standard InChI is InChI=1S/C19H18FN3O2.C9H17NO/c1-11-4-3-5-14(20)18(11)19(12(2)24)8-13(9-19)25-17-7-6-15-16(22-17)10-21-23-15;1-4-8(11)10-7-5-6-9(10,2)3/h3-7,10,13H,8-9H2,1-2H3,(H,21,23);4-7H2,1-3H3. The number of carbonyl (C=O) groups is 2. The van der Waals surface area contributed by atoms with Crippen molar-refractivity contribution in [3.63, 3.8) is 0 Å². The molecule has 8 heteroatoms. The molecule has 36 heavy (non-hydrogen) atoms. The van der Waals surface area contributed by atoms with Crippen LogP contribution in [0.25, 0.3) is 11.0 Å². The predicted octanol–water partition coefficient (Wildman–Crippen LogP) is 5.27. The molecule has 1 amide bonds. The minimum Gasteiger partial charge on any atom is -0.474 e. The van der Waals surface area contributed by atoms with Gasteiger partial charge in [0.2, 0.25) is 11.8 Å². The van der Waals surface area contributed by atoms with Crippen molar-refractivity contribution in [2.75, 3.05) is 6.54 Å². The lowest BCUT2D eigenvalue weighted by Gasteiger charge is -2.46. The van der Waals surface area contributed by atoms with E-state index in [1.807, 2.05) is 30.9 Å². The minimum absolute atomic E-state index is 0.0289. The van der Waals surface area contributed by atoms with Crippen molar-refractivity contribution < 1.29 is 18.7 Å². The van der Waals surface area contributed by atoms with Gasteiger partial charge >= 0.3 is 0 Å². The third-order valence-electron chi connectivity index (χ3n) is 7.59. The molecule has 0 spiro atoms. The van der Waals surface area contributed by atoms with Crippen LogP contribution in [0.3, 0.4) is 0 Å². The zero-order chi connectivity index (χ0) is 26.1. The zero-order valence-corrected chi connectivity index (χ0v) is 21.7. The van der Waals surface area contributed by atoms with E-state index >= 15 is 0 Å². The molecule has 0 bridgehead atoms. The highest BCUT2D eigenvalue weighted by molar-refractivity contribution is 5.90. The number of amides is 1. The Morgan fingerprint density at radius 3 is 2.58 bits per heavy atom. The number of hydrogen-bond acceptors (Lipinski definition) is 5. The van der Waals surface area contributed by atoms with Crippen molar-refractivity contribution in [1.82, 2.24) is 20.1 Å². The van der Waals surface area contributed by atoms with Gasteiger partial charge in [0.25, 0.3) is 0 Å². The van der Waals surface area contributed by atoms with Crippen LogP contribution in [-0.2, 0) is 15.0 Å². The predicted molar refractivity (Wildman–Crippen MR) is 136 cm³/mol. The smallest absolute Gasteiger partial charge is 0.222 e. The van der Waals surface area contributed by atoms with Gasteiger partial charge in [0, 0.05) is 43.0 Å². The van der Waals surface area contributed by atoms with Gasteiger partial charge in [-0.05, 0) is 58.2 Å². The summed E-state index contributed by atoms with van der Waals surface area (Å²) >= 11 is 0. The van der Waals surface area contributed by atoms with Crippen LogP contribution in [0.2, 0.25) is 0 Å². The first-order chi connectivity index (χ1) is 17.1. The largest absolute Gasteiger partial charge is 0.474 e. The van der Waals surface area contributed by atoms with Crippen LogP contribution in [0.1, 0.15) is 70.9 Å². The number of pyridine rings is 1. The number of aryl methyl sites for hydroxylation is 1. The van der Waals surface area contributed by atoms with Crippen molar-refractivity contribution >= 4 is 22.7 Å². The number of rotatable bonds is 5. The summed E-state index contributed by atoms with van der Waals surface area (Å²) < 4.78 is 20.3. The summed E-state index contributed by atoms with van der Waals surface area (Å²) in [4.78, 5) is 30.1. The zero-order valence-electron chi connectivity index (χ0n) is 21.7. The van der Waals surface area contributed by atoms with Gasteiger partial charge in [-0.3, -0.25) is 14.7 Å². The molecule has 0 unspecified atom stereocenters. The molecule has 1 aromatic carbocycles. The third-order valence-corrected chi connectivity index (χ3v) is 7.59. The van der Waals surface area contributed by atoms with E-state index in [1.54, 1.807) is 18.3 Å². The van der Waals surface area contributed by atoms with Crippen molar-refractivity contribution in [2.24, 2.45) is 0 Å². The lowest BCUT2D eigenvalue weighted by atomic mass is 9.59. The highest BCUT2D eigenvalue weighted by Gasteiger charge is 2.52. The minimum atomic E-state index is -0.806. The van der Waals surface area contributed by atoms with E-state index in [4.69, 9.17) is 4.74 Å². The molecule has 2 aliphatic rings. The molecule has 1 saturated carbocycles. The van der Waals surface area contributed by atoms with Crippen molar-refractivity contribution in [3.05, 3.63) is 53.5 Å². The number of aromatic amines is 1. The Balaban J connectivity index is 0.000000233. The van der Waals surface area contributed by atoms with Gasteiger partial charge in [-0.2, -0.15) is 5.10 Å². The molecular formula is C28H35FN4O3. The number of Topliss-reactive ketones (excluding diaryl/α,β-unsaturated/α-hetero) is 1. The number of halogens is 1. The van der Waals surface area contributed by atoms with Crippen LogP contribution in [0.4, 0.5) is 4.39 Å². The molecule has 3 aromatic rings. The van der Waals surface area contributed by atoms with E-state index < -0.39 is 5.41 Å². The molecule has 2 fully saturated rings. The van der Waals surface area contributed by atoms with E-state index in [-0.39, 0.29) is 23.2 Å². The average molecular weight is 495 g/mol. The highest BCUT2D eigenvalue weighted by atomic mass is 19.1. The second-order valence-corrected chi connectivity index (χ2v) is 10.5. The number of nitrogens with one attached hydrogen (secondary N) is 1. The highest BCUT2D eigenvalue weighted by Crippen LogP contribution is 2.48. The topological polar surface area (TPSA) is 88.2 Å². The molecule has 1 aliphatic heterocycles. The van der Waals surface area contributed by atoms with Gasteiger partial charge in [0.15, 0.2) is 0 Å². The lowest BCUT2D eigenvalue weighted by Crippen LogP contribution is -2.52. The van der Waals surface area contributed by atoms with Crippen LogP contribution in [-0.4, -0.2) is 50.0 Å². The third kappa shape index (κ3) is 4.86. The van der Waals surface area contributed by atoms with E-state index in [0.717, 1.165) is 29.6 Å². The first kappa shape index (κ1) is 25.8. The average Bonchev–Trinajstić information content (AvgIpc) is 3.41. The number of likely N-dealkylation sites (tertiary alicyclic amines) is 1. The maximum atomic E-state index is 14.4. The van der Waals surface area contributed by atoms with E-state index in [2.05, 4.69) is 29.0 Å². The summed E-state index contributed by atoms with van der Waals surface area (Å²) in [6.07, 6.45) is 5.33. The molecule has 1 saturated heterocycles. The van der Waals surface area contributed by atoms with E-state index in [9.17, 15) is 14.0 Å². The number of nitrogens with zero attached hydrogens (tertiary/aromatic N) is 3. The Hall–Kier alpha value is -3.29. The number of carbonyl (C=O) groups excluding carboxylic acids is 2. The summed E-state index contributed by atoms with van der Waals surface area (Å²) in [6.45, 7) is 10.5. The van der Waals surface area contributed by atoms with Crippen LogP contribution in [0, 0.1) is 12.7 Å². The quantitative estimate of drug-likeness (QED) is 0.522. The normalized spacial score (nSPS) is 22.5. The number of aromatic nitrogens is 3. The fourth-order valence-electron chi connectivity index (χ4n) is 5.52. The van der Waals surface area contributed by atoms with Gasteiger partial charge in [-0.15, -0.1) is 0 Å². The molecule has 5 rings (SSSR count). The van der Waals surface area contributed by atoms with Crippen LogP contribution < -0.4 is 4.74 Å². The first-order valence-corrected chi connectivity index (χ1v) is 12.6. The number of benzene rings is 1. The molecule has 1 N–H and O–H groups in total. The SMILES string of the molecule is CC(=O)C1(c2c(C)cccc2F)CC(Oc2ccc3[nH]ncc3n2)C1.CCC(=O)N1CCCC1(C)C. The monoisotopic (exact) mass is 494 g/mol. The second-order valence-electron chi connectivity index (χ2n) is 10.5.